The standard InChI is InChI=1S/C19H23F2N5O3S/c1-14-10-18(24-6-8-29-9-7-24)23-19(22-14)25-2-4-26(5-3-25)30(27,28)17-12-15(20)11-16(21)13-17/h10-13H,2-9H2,1H3. The van der Waals surface area contributed by atoms with E-state index in [1.54, 1.807) is 0 Å². The molecule has 162 valence electrons. The fraction of sp³-hybridized carbons (Fsp3) is 0.474. The fourth-order valence-corrected chi connectivity index (χ4v) is 5.05. The van der Waals surface area contributed by atoms with Crippen LogP contribution in [0.25, 0.3) is 0 Å². The first-order valence-electron chi connectivity index (χ1n) is 9.72. The molecule has 11 heteroatoms. The maximum Gasteiger partial charge on any atom is 0.243 e. The number of piperazine rings is 1. The first kappa shape index (κ1) is 20.9. The molecule has 0 amide bonds. The Morgan fingerprint density at radius 1 is 0.867 bits per heavy atom. The number of ether oxygens (including phenoxy) is 1. The van der Waals surface area contributed by atoms with Crippen molar-refractivity contribution in [2.75, 3.05) is 62.3 Å². The minimum Gasteiger partial charge on any atom is -0.378 e. The predicted octanol–water partition coefficient (Wildman–Crippen LogP) is 1.41. The summed E-state index contributed by atoms with van der Waals surface area (Å²) in [7, 11) is -3.98. The van der Waals surface area contributed by atoms with E-state index in [4.69, 9.17) is 4.74 Å². The second kappa shape index (κ2) is 8.40. The normalized spacial score (nSPS) is 18.6. The van der Waals surface area contributed by atoms with Gasteiger partial charge in [-0.15, -0.1) is 0 Å². The average Bonchev–Trinajstić information content (AvgIpc) is 2.73. The average molecular weight is 439 g/mol. The number of aryl methyl sites for hydroxylation is 1. The van der Waals surface area contributed by atoms with Crippen LogP contribution in [0.3, 0.4) is 0 Å². The van der Waals surface area contributed by atoms with Gasteiger partial charge in [-0.25, -0.2) is 22.2 Å². The van der Waals surface area contributed by atoms with E-state index in [0.29, 0.717) is 38.3 Å². The third-order valence-electron chi connectivity index (χ3n) is 5.16. The number of rotatable bonds is 4. The van der Waals surface area contributed by atoms with Crippen LogP contribution in [0.2, 0.25) is 0 Å². The number of morpholine rings is 1. The van der Waals surface area contributed by atoms with Crippen LogP contribution in [-0.4, -0.2) is 75.2 Å². The predicted molar refractivity (Wildman–Crippen MR) is 107 cm³/mol. The van der Waals surface area contributed by atoms with Gasteiger partial charge in [0.05, 0.1) is 18.1 Å². The van der Waals surface area contributed by atoms with Crippen molar-refractivity contribution in [2.24, 2.45) is 0 Å². The Labute approximate surface area is 174 Å². The summed E-state index contributed by atoms with van der Waals surface area (Å²) in [6, 6.07) is 4.25. The van der Waals surface area contributed by atoms with E-state index in [1.165, 1.54) is 4.31 Å². The minimum atomic E-state index is -3.98. The maximum atomic E-state index is 13.5. The quantitative estimate of drug-likeness (QED) is 0.713. The minimum absolute atomic E-state index is 0.171. The third kappa shape index (κ3) is 4.37. The highest BCUT2D eigenvalue weighted by Gasteiger charge is 2.30. The first-order valence-corrected chi connectivity index (χ1v) is 11.2. The second-order valence-corrected chi connectivity index (χ2v) is 9.20. The van der Waals surface area contributed by atoms with Gasteiger partial charge in [0.25, 0.3) is 0 Å². The highest BCUT2D eigenvalue weighted by molar-refractivity contribution is 7.89. The lowest BCUT2D eigenvalue weighted by Crippen LogP contribution is -2.49. The topological polar surface area (TPSA) is 78.9 Å². The van der Waals surface area contributed by atoms with Crippen molar-refractivity contribution < 1.29 is 21.9 Å². The summed E-state index contributed by atoms with van der Waals surface area (Å²) < 4.78 is 59.1. The van der Waals surface area contributed by atoms with Gasteiger partial charge in [-0.1, -0.05) is 0 Å². The zero-order valence-electron chi connectivity index (χ0n) is 16.6. The van der Waals surface area contributed by atoms with Crippen LogP contribution in [-0.2, 0) is 14.8 Å². The van der Waals surface area contributed by atoms with Crippen LogP contribution in [0.4, 0.5) is 20.5 Å². The Morgan fingerprint density at radius 3 is 2.13 bits per heavy atom. The van der Waals surface area contributed by atoms with Gasteiger partial charge in [-0.3, -0.25) is 0 Å². The van der Waals surface area contributed by atoms with Gasteiger partial charge < -0.3 is 14.5 Å². The third-order valence-corrected chi connectivity index (χ3v) is 7.04. The van der Waals surface area contributed by atoms with E-state index in [1.807, 2.05) is 17.9 Å². The molecule has 0 N–H and O–H groups in total. The number of benzene rings is 1. The highest BCUT2D eigenvalue weighted by Crippen LogP contribution is 2.23. The summed E-state index contributed by atoms with van der Waals surface area (Å²) >= 11 is 0. The molecule has 0 bridgehead atoms. The van der Waals surface area contributed by atoms with Gasteiger partial charge in [0, 0.05) is 57.1 Å². The van der Waals surface area contributed by atoms with Gasteiger partial charge in [0.15, 0.2) is 0 Å². The van der Waals surface area contributed by atoms with Crippen molar-refractivity contribution >= 4 is 21.8 Å². The number of aromatic nitrogens is 2. The highest BCUT2D eigenvalue weighted by atomic mass is 32.2. The first-order chi connectivity index (χ1) is 14.3. The molecule has 2 saturated heterocycles. The largest absolute Gasteiger partial charge is 0.378 e. The maximum absolute atomic E-state index is 13.5. The number of sulfonamides is 1. The van der Waals surface area contributed by atoms with Gasteiger partial charge in [0.2, 0.25) is 16.0 Å². The molecule has 30 heavy (non-hydrogen) atoms. The Bertz CT molecular complexity index is 1000. The lowest BCUT2D eigenvalue weighted by atomic mass is 10.3. The van der Waals surface area contributed by atoms with Crippen molar-refractivity contribution in [1.82, 2.24) is 14.3 Å². The van der Waals surface area contributed by atoms with Gasteiger partial charge >= 0.3 is 0 Å². The van der Waals surface area contributed by atoms with Crippen molar-refractivity contribution in [1.29, 1.82) is 0 Å². The van der Waals surface area contributed by atoms with E-state index >= 15 is 0 Å². The molecule has 8 nitrogen and oxygen atoms in total. The Morgan fingerprint density at radius 2 is 1.50 bits per heavy atom. The van der Waals surface area contributed by atoms with Crippen LogP contribution in [0.5, 0.6) is 0 Å². The summed E-state index contributed by atoms with van der Waals surface area (Å²) in [4.78, 5) is 12.9. The monoisotopic (exact) mass is 439 g/mol. The second-order valence-electron chi connectivity index (χ2n) is 7.26. The van der Waals surface area contributed by atoms with Gasteiger partial charge in [-0.05, 0) is 19.1 Å². The lowest BCUT2D eigenvalue weighted by molar-refractivity contribution is 0.122. The molecule has 0 unspecified atom stereocenters. The Kier molecular flexibility index (Phi) is 5.85. The van der Waals surface area contributed by atoms with Crippen molar-refractivity contribution in [3.8, 4) is 0 Å². The summed E-state index contributed by atoms with van der Waals surface area (Å²) in [6.45, 7) is 5.80. The van der Waals surface area contributed by atoms with E-state index in [2.05, 4.69) is 14.9 Å². The molecule has 2 aliphatic heterocycles. The zero-order valence-corrected chi connectivity index (χ0v) is 17.4. The summed E-state index contributed by atoms with van der Waals surface area (Å²) in [5, 5.41) is 0. The SMILES string of the molecule is Cc1cc(N2CCOCC2)nc(N2CCN(S(=O)(=O)c3cc(F)cc(F)c3)CC2)n1. The molecule has 2 aliphatic rings. The molecule has 3 heterocycles. The number of halogens is 2. The van der Waals surface area contributed by atoms with Crippen LogP contribution in [0.1, 0.15) is 5.69 Å². The molecule has 0 aliphatic carbocycles. The van der Waals surface area contributed by atoms with Crippen molar-refractivity contribution in [3.63, 3.8) is 0 Å². The molecule has 2 fully saturated rings. The molecule has 1 aromatic carbocycles. The molecule has 0 spiro atoms. The molecule has 1 aromatic heterocycles. The molecule has 0 radical (unpaired) electrons. The summed E-state index contributed by atoms with van der Waals surface area (Å²) in [5.41, 5.74) is 0.826. The van der Waals surface area contributed by atoms with Crippen LogP contribution in [0.15, 0.2) is 29.2 Å². The Balaban J connectivity index is 1.48. The molecular formula is C19H23F2N5O3S. The van der Waals surface area contributed by atoms with Crippen molar-refractivity contribution in [2.45, 2.75) is 11.8 Å². The van der Waals surface area contributed by atoms with E-state index < -0.39 is 21.7 Å². The fourth-order valence-electron chi connectivity index (χ4n) is 3.59. The number of hydrogen-bond acceptors (Lipinski definition) is 7. The molecule has 2 aromatic rings. The Hall–Kier alpha value is -2.37. The number of nitrogens with zero attached hydrogens (tertiary/aromatic N) is 5. The van der Waals surface area contributed by atoms with Gasteiger partial charge in [-0.2, -0.15) is 9.29 Å². The smallest absolute Gasteiger partial charge is 0.243 e. The molecule has 0 saturated carbocycles. The lowest BCUT2D eigenvalue weighted by Gasteiger charge is -2.35. The van der Waals surface area contributed by atoms with Crippen LogP contribution >= 0.6 is 0 Å². The molecular weight excluding hydrogens is 416 g/mol. The van der Waals surface area contributed by atoms with Crippen LogP contribution < -0.4 is 9.80 Å². The van der Waals surface area contributed by atoms with Gasteiger partial charge in [0.1, 0.15) is 17.5 Å². The number of anilines is 2. The van der Waals surface area contributed by atoms with Crippen LogP contribution in [0, 0.1) is 18.6 Å². The molecule has 4 rings (SSSR count). The zero-order chi connectivity index (χ0) is 21.3. The van der Waals surface area contributed by atoms with E-state index in [0.717, 1.165) is 36.7 Å². The van der Waals surface area contributed by atoms with E-state index in [9.17, 15) is 17.2 Å². The molecule has 0 atom stereocenters. The summed E-state index contributed by atoms with van der Waals surface area (Å²) in [5.74, 6) is -0.469. The summed E-state index contributed by atoms with van der Waals surface area (Å²) in [6.07, 6.45) is 0. The van der Waals surface area contributed by atoms with Crippen molar-refractivity contribution in [3.05, 3.63) is 41.6 Å². The number of hydrogen-bond donors (Lipinski definition) is 0. The van der Waals surface area contributed by atoms with E-state index in [-0.39, 0.29) is 18.0 Å².